The summed E-state index contributed by atoms with van der Waals surface area (Å²) in [4.78, 5) is 9.72. The van der Waals surface area contributed by atoms with Crippen LogP contribution in [0, 0.1) is 5.92 Å². The highest BCUT2D eigenvalue weighted by atomic mass is 127. The first kappa shape index (κ1) is 22.1. The second-order valence-electron chi connectivity index (χ2n) is 8.01. The van der Waals surface area contributed by atoms with Crippen LogP contribution in [0.3, 0.4) is 0 Å². The van der Waals surface area contributed by atoms with Crippen molar-refractivity contribution in [3.05, 3.63) is 53.9 Å². The summed E-state index contributed by atoms with van der Waals surface area (Å²) in [7, 11) is 3.87. The van der Waals surface area contributed by atoms with Gasteiger partial charge in [-0.05, 0) is 43.4 Å². The zero-order chi connectivity index (χ0) is 19.3. The lowest BCUT2D eigenvalue weighted by Crippen LogP contribution is -2.56. The van der Waals surface area contributed by atoms with E-state index in [0.717, 1.165) is 38.1 Å². The number of hydrogen-bond donors (Lipinski definition) is 1. The van der Waals surface area contributed by atoms with E-state index < -0.39 is 0 Å². The predicted octanol–water partition coefficient (Wildman–Crippen LogP) is 3.10. The maximum absolute atomic E-state index is 4.55. The maximum Gasteiger partial charge on any atom is 0.193 e. The Morgan fingerprint density at radius 3 is 2.72 bits per heavy atom. The van der Waals surface area contributed by atoms with E-state index >= 15 is 0 Å². The first-order chi connectivity index (χ1) is 13.7. The van der Waals surface area contributed by atoms with E-state index in [1.807, 2.05) is 25.0 Å². The number of rotatable bonds is 4. The topological polar surface area (TPSA) is 48.7 Å². The summed E-state index contributed by atoms with van der Waals surface area (Å²) < 4.78 is 1.91. The first-order valence-corrected chi connectivity index (χ1v) is 10.4. The van der Waals surface area contributed by atoms with Gasteiger partial charge in [0.1, 0.15) is 0 Å². The lowest BCUT2D eigenvalue weighted by molar-refractivity contribution is 0.0372. The number of benzene rings is 1. The second kappa shape index (κ2) is 10.4. The molecule has 2 unspecified atom stereocenters. The molecule has 29 heavy (non-hydrogen) atoms. The predicted molar refractivity (Wildman–Crippen MR) is 128 cm³/mol. The molecule has 0 radical (unpaired) electrons. The van der Waals surface area contributed by atoms with Crippen LogP contribution >= 0.6 is 24.0 Å². The quantitative estimate of drug-likeness (QED) is 0.392. The molecule has 1 aromatic heterocycles. The van der Waals surface area contributed by atoms with Gasteiger partial charge in [0.05, 0.1) is 12.2 Å². The van der Waals surface area contributed by atoms with Crippen LogP contribution in [-0.4, -0.2) is 58.3 Å². The van der Waals surface area contributed by atoms with Crippen molar-refractivity contribution in [3.63, 3.8) is 0 Å². The molecule has 0 aliphatic carbocycles. The van der Waals surface area contributed by atoms with Gasteiger partial charge in [-0.1, -0.05) is 30.3 Å². The number of hydrogen-bond acceptors (Lipinski definition) is 3. The van der Waals surface area contributed by atoms with Gasteiger partial charge in [0.25, 0.3) is 0 Å². The van der Waals surface area contributed by atoms with E-state index in [0.29, 0.717) is 6.04 Å². The van der Waals surface area contributed by atoms with Crippen LogP contribution in [0.4, 0.5) is 0 Å². The van der Waals surface area contributed by atoms with Crippen LogP contribution < -0.4 is 5.32 Å². The molecule has 2 saturated heterocycles. The number of nitrogens with one attached hydrogen (secondary N) is 1. The first-order valence-electron chi connectivity index (χ1n) is 10.4. The van der Waals surface area contributed by atoms with Gasteiger partial charge in [0.2, 0.25) is 0 Å². The van der Waals surface area contributed by atoms with Crippen molar-refractivity contribution in [1.29, 1.82) is 0 Å². The fourth-order valence-electron chi connectivity index (χ4n) is 4.79. The molecule has 0 spiro atoms. The standard InChI is InChI=1S/C22H32N6.HI/c1-23-22(24-15-20-10-12-25-26(20)2)28-14-11-21-19(17-28)9-6-13-27(21)16-18-7-4-3-5-8-18;/h3-5,7-8,10,12,19,21H,6,9,11,13-17H2,1-2H3,(H,23,24);1H. The SMILES string of the molecule is CN=C(NCc1ccnn1C)N1CCC2C(CCCN2Cc2ccccc2)C1.I. The molecule has 0 saturated carbocycles. The zero-order valence-corrected chi connectivity index (χ0v) is 19.8. The average molecular weight is 508 g/mol. The monoisotopic (exact) mass is 508 g/mol. The molecular weight excluding hydrogens is 475 g/mol. The van der Waals surface area contributed by atoms with Crippen LogP contribution in [-0.2, 0) is 20.1 Å². The molecule has 0 bridgehead atoms. The molecule has 2 aliphatic rings. The Balaban J connectivity index is 0.00000240. The van der Waals surface area contributed by atoms with Crippen molar-refractivity contribution in [2.75, 3.05) is 26.7 Å². The molecule has 6 nitrogen and oxygen atoms in total. The molecule has 2 atom stereocenters. The van der Waals surface area contributed by atoms with E-state index in [4.69, 9.17) is 0 Å². The van der Waals surface area contributed by atoms with Crippen LogP contribution in [0.1, 0.15) is 30.5 Å². The van der Waals surface area contributed by atoms with E-state index in [1.54, 1.807) is 0 Å². The minimum atomic E-state index is 0. The van der Waals surface area contributed by atoms with Gasteiger partial charge in [-0.3, -0.25) is 14.6 Å². The van der Waals surface area contributed by atoms with E-state index in [1.165, 1.54) is 37.1 Å². The highest BCUT2D eigenvalue weighted by Gasteiger charge is 2.36. The van der Waals surface area contributed by atoms with Gasteiger partial charge >= 0.3 is 0 Å². The van der Waals surface area contributed by atoms with Crippen LogP contribution in [0.2, 0.25) is 0 Å². The highest BCUT2D eigenvalue weighted by Crippen LogP contribution is 2.31. The molecule has 4 rings (SSSR count). The van der Waals surface area contributed by atoms with E-state index in [-0.39, 0.29) is 24.0 Å². The molecule has 3 heterocycles. The molecule has 158 valence electrons. The minimum absolute atomic E-state index is 0. The van der Waals surface area contributed by atoms with Gasteiger partial charge in [0.15, 0.2) is 5.96 Å². The van der Waals surface area contributed by atoms with Crippen LogP contribution in [0.25, 0.3) is 0 Å². The van der Waals surface area contributed by atoms with E-state index in [9.17, 15) is 0 Å². The molecule has 1 aromatic carbocycles. The number of aromatic nitrogens is 2. The minimum Gasteiger partial charge on any atom is -0.351 e. The van der Waals surface area contributed by atoms with Crippen molar-refractivity contribution in [2.45, 2.75) is 38.4 Å². The Bertz CT molecular complexity index is 790. The average Bonchev–Trinajstić information content (AvgIpc) is 3.14. The van der Waals surface area contributed by atoms with Gasteiger partial charge in [-0.2, -0.15) is 5.10 Å². The number of aliphatic imine (C=N–C) groups is 1. The maximum atomic E-state index is 4.55. The third kappa shape index (κ3) is 5.31. The molecule has 1 N–H and O–H groups in total. The van der Waals surface area contributed by atoms with Gasteiger partial charge in [0, 0.05) is 46.0 Å². The lowest BCUT2D eigenvalue weighted by atomic mass is 9.83. The van der Waals surface area contributed by atoms with Crippen molar-refractivity contribution in [2.24, 2.45) is 18.0 Å². The second-order valence-corrected chi connectivity index (χ2v) is 8.01. The number of aryl methyl sites for hydroxylation is 1. The van der Waals surface area contributed by atoms with Crippen LogP contribution in [0.15, 0.2) is 47.6 Å². The van der Waals surface area contributed by atoms with Crippen molar-refractivity contribution in [1.82, 2.24) is 24.9 Å². The summed E-state index contributed by atoms with van der Waals surface area (Å²) in [5, 5.41) is 7.78. The number of halogens is 1. The Labute approximate surface area is 191 Å². The fraction of sp³-hybridized carbons (Fsp3) is 0.545. The molecule has 0 amide bonds. The van der Waals surface area contributed by atoms with Crippen molar-refractivity contribution >= 4 is 29.9 Å². The smallest absolute Gasteiger partial charge is 0.193 e. The molecule has 2 aromatic rings. The summed E-state index contributed by atoms with van der Waals surface area (Å²) in [6.07, 6.45) is 5.67. The molecular formula is C22H33IN6. The highest BCUT2D eigenvalue weighted by molar-refractivity contribution is 14.0. The number of piperidine rings is 2. The zero-order valence-electron chi connectivity index (χ0n) is 17.5. The number of nitrogens with zero attached hydrogens (tertiary/aromatic N) is 5. The van der Waals surface area contributed by atoms with E-state index in [2.05, 4.69) is 61.6 Å². The Kier molecular flexibility index (Phi) is 7.94. The number of fused-ring (bicyclic) bond motifs is 1. The van der Waals surface area contributed by atoms with Gasteiger partial charge < -0.3 is 10.2 Å². The van der Waals surface area contributed by atoms with Crippen LogP contribution in [0.5, 0.6) is 0 Å². The summed E-state index contributed by atoms with van der Waals surface area (Å²) in [6.45, 7) is 5.23. The molecule has 2 aliphatic heterocycles. The summed E-state index contributed by atoms with van der Waals surface area (Å²) in [5.74, 6) is 1.74. The number of likely N-dealkylation sites (tertiary alicyclic amines) is 2. The van der Waals surface area contributed by atoms with Gasteiger partial charge in [-0.15, -0.1) is 24.0 Å². The van der Waals surface area contributed by atoms with Crippen molar-refractivity contribution in [3.8, 4) is 0 Å². The Morgan fingerprint density at radius 1 is 1.17 bits per heavy atom. The third-order valence-electron chi connectivity index (χ3n) is 6.27. The Hall–Kier alpha value is -1.61. The summed E-state index contributed by atoms with van der Waals surface area (Å²) in [5.41, 5.74) is 2.60. The summed E-state index contributed by atoms with van der Waals surface area (Å²) >= 11 is 0. The lowest BCUT2D eigenvalue weighted by Gasteiger charge is -2.48. The van der Waals surface area contributed by atoms with Gasteiger partial charge in [-0.25, -0.2) is 0 Å². The Morgan fingerprint density at radius 2 is 2.00 bits per heavy atom. The normalized spacial score (nSPS) is 22.7. The largest absolute Gasteiger partial charge is 0.351 e. The number of guanidine groups is 1. The van der Waals surface area contributed by atoms with Crippen molar-refractivity contribution < 1.29 is 0 Å². The molecule has 2 fully saturated rings. The fourth-order valence-corrected chi connectivity index (χ4v) is 4.79. The summed E-state index contributed by atoms with van der Waals surface area (Å²) in [6, 6.07) is 13.7. The third-order valence-corrected chi connectivity index (χ3v) is 6.27. The molecule has 7 heteroatoms.